The van der Waals surface area contributed by atoms with Gasteiger partial charge in [0.25, 0.3) is 15.9 Å². The number of hydrogen-bond donors (Lipinski definition) is 1. The van der Waals surface area contributed by atoms with Gasteiger partial charge < -0.3 is 4.90 Å². The van der Waals surface area contributed by atoms with Crippen molar-refractivity contribution in [3.8, 4) is 0 Å². The molecule has 1 amide bonds. The molecule has 6 heteroatoms. The molecule has 0 radical (unpaired) electrons. The SMILES string of the molecule is O=C1NS(=O)(=O)c2ccc(N3CCCC3)cc21. The molecule has 1 aromatic carbocycles. The average Bonchev–Trinajstić information content (AvgIpc) is 2.87. The van der Waals surface area contributed by atoms with Crippen LogP contribution in [0.1, 0.15) is 23.2 Å². The normalized spacial score (nSPS) is 21.4. The van der Waals surface area contributed by atoms with E-state index in [0.29, 0.717) is 0 Å². The Morgan fingerprint density at radius 1 is 1.18 bits per heavy atom. The van der Waals surface area contributed by atoms with Crippen LogP contribution in [0.25, 0.3) is 0 Å². The van der Waals surface area contributed by atoms with Crippen molar-refractivity contribution in [1.29, 1.82) is 0 Å². The largest absolute Gasteiger partial charge is 0.372 e. The predicted molar refractivity (Wildman–Crippen MR) is 62.5 cm³/mol. The molecule has 3 rings (SSSR count). The summed E-state index contributed by atoms with van der Waals surface area (Å²) < 4.78 is 25.1. The van der Waals surface area contributed by atoms with Gasteiger partial charge in [0.05, 0.1) is 5.56 Å². The van der Waals surface area contributed by atoms with Crippen molar-refractivity contribution in [2.45, 2.75) is 17.7 Å². The highest BCUT2D eigenvalue weighted by molar-refractivity contribution is 7.90. The summed E-state index contributed by atoms with van der Waals surface area (Å²) in [7, 11) is -3.61. The van der Waals surface area contributed by atoms with Gasteiger partial charge >= 0.3 is 0 Å². The smallest absolute Gasteiger partial charge is 0.266 e. The molecule has 1 saturated heterocycles. The summed E-state index contributed by atoms with van der Waals surface area (Å²) in [6.07, 6.45) is 2.28. The van der Waals surface area contributed by atoms with Crippen molar-refractivity contribution in [2.75, 3.05) is 18.0 Å². The van der Waals surface area contributed by atoms with Crippen LogP contribution in [0, 0.1) is 0 Å². The van der Waals surface area contributed by atoms with Crippen molar-refractivity contribution < 1.29 is 13.2 Å². The summed E-state index contributed by atoms with van der Waals surface area (Å²) in [5, 5.41) is 0. The second-order valence-electron chi connectivity index (χ2n) is 4.31. The van der Waals surface area contributed by atoms with Crippen LogP contribution in [0.4, 0.5) is 5.69 Å². The minimum Gasteiger partial charge on any atom is -0.372 e. The van der Waals surface area contributed by atoms with Gasteiger partial charge in [-0.25, -0.2) is 13.1 Å². The van der Waals surface area contributed by atoms with E-state index in [1.165, 1.54) is 6.07 Å². The number of anilines is 1. The van der Waals surface area contributed by atoms with E-state index in [-0.39, 0.29) is 10.5 Å². The number of hydrogen-bond acceptors (Lipinski definition) is 4. The summed E-state index contributed by atoms with van der Waals surface area (Å²) in [6, 6.07) is 4.94. The molecule has 0 aliphatic carbocycles. The van der Waals surface area contributed by atoms with Gasteiger partial charge in [-0.1, -0.05) is 0 Å². The molecule has 0 saturated carbocycles. The minimum atomic E-state index is -3.61. The Bertz CT molecular complexity index is 589. The van der Waals surface area contributed by atoms with Crippen LogP contribution in [0.5, 0.6) is 0 Å². The first kappa shape index (κ1) is 10.6. The Kier molecular flexibility index (Phi) is 2.16. The van der Waals surface area contributed by atoms with Gasteiger partial charge in [-0.05, 0) is 31.0 Å². The molecule has 1 aromatic rings. The number of carbonyl (C=O) groups is 1. The van der Waals surface area contributed by atoms with Crippen molar-refractivity contribution in [2.24, 2.45) is 0 Å². The molecular weight excluding hydrogens is 240 g/mol. The lowest BCUT2D eigenvalue weighted by Gasteiger charge is -2.17. The number of benzene rings is 1. The van der Waals surface area contributed by atoms with Gasteiger partial charge in [-0.3, -0.25) is 4.79 Å². The van der Waals surface area contributed by atoms with Crippen LogP contribution in [-0.2, 0) is 10.0 Å². The van der Waals surface area contributed by atoms with Crippen molar-refractivity contribution in [3.05, 3.63) is 23.8 Å². The number of nitrogens with zero attached hydrogens (tertiary/aromatic N) is 1. The topological polar surface area (TPSA) is 66.5 Å². The molecule has 0 aromatic heterocycles. The van der Waals surface area contributed by atoms with E-state index >= 15 is 0 Å². The van der Waals surface area contributed by atoms with E-state index in [2.05, 4.69) is 4.90 Å². The molecule has 1 fully saturated rings. The molecular formula is C11H12N2O3S. The van der Waals surface area contributed by atoms with E-state index < -0.39 is 15.9 Å². The molecule has 0 bridgehead atoms. The standard InChI is InChI=1S/C11H12N2O3S/c14-11-9-7-8(13-5-1-2-6-13)3-4-10(9)17(15,16)12-11/h3-4,7H,1-2,5-6H2,(H,12,14). The van der Waals surface area contributed by atoms with Crippen LogP contribution in [0.3, 0.4) is 0 Å². The van der Waals surface area contributed by atoms with Crippen molar-refractivity contribution >= 4 is 21.6 Å². The fourth-order valence-electron chi connectivity index (χ4n) is 2.33. The second kappa shape index (κ2) is 3.46. The second-order valence-corrected chi connectivity index (χ2v) is 5.96. The van der Waals surface area contributed by atoms with Crippen LogP contribution in [0.15, 0.2) is 23.1 Å². The van der Waals surface area contributed by atoms with Gasteiger partial charge in [0.1, 0.15) is 4.90 Å². The molecule has 2 aliphatic heterocycles. The quantitative estimate of drug-likeness (QED) is 0.799. The van der Waals surface area contributed by atoms with E-state index in [1.807, 2.05) is 4.72 Å². The number of amides is 1. The lowest BCUT2D eigenvalue weighted by molar-refractivity contribution is 0.0985. The molecule has 0 atom stereocenters. The number of sulfonamides is 1. The van der Waals surface area contributed by atoms with E-state index in [9.17, 15) is 13.2 Å². The molecule has 2 aliphatic rings. The monoisotopic (exact) mass is 252 g/mol. The molecule has 1 N–H and O–H groups in total. The Morgan fingerprint density at radius 2 is 1.88 bits per heavy atom. The highest BCUT2D eigenvalue weighted by Gasteiger charge is 2.32. The fraction of sp³-hybridized carbons (Fsp3) is 0.364. The summed E-state index contributed by atoms with van der Waals surface area (Å²) in [6.45, 7) is 1.93. The zero-order valence-electron chi connectivity index (χ0n) is 9.14. The molecule has 90 valence electrons. The van der Waals surface area contributed by atoms with Gasteiger partial charge in [-0.2, -0.15) is 0 Å². The maximum Gasteiger partial charge on any atom is 0.266 e. The lowest BCUT2D eigenvalue weighted by Crippen LogP contribution is -2.20. The Morgan fingerprint density at radius 3 is 2.59 bits per heavy atom. The van der Waals surface area contributed by atoms with E-state index in [4.69, 9.17) is 0 Å². The van der Waals surface area contributed by atoms with Crippen LogP contribution in [0.2, 0.25) is 0 Å². The van der Waals surface area contributed by atoms with E-state index in [1.54, 1.807) is 12.1 Å². The van der Waals surface area contributed by atoms with Crippen molar-refractivity contribution in [1.82, 2.24) is 4.72 Å². The third-order valence-electron chi connectivity index (χ3n) is 3.20. The molecule has 2 heterocycles. The van der Waals surface area contributed by atoms with Crippen LogP contribution in [-0.4, -0.2) is 27.4 Å². The number of fused-ring (bicyclic) bond motifs is 1. The highest BCUT2D eigenvalue weighted by Crippen LogP contribution is 2.28. The molecule has 5 nitrogen and oxygen atoms in total. The first-order valence-electron chi connectivity index (χ1n) is 5.54. The van der Waals surface area contributed by atoms with E-state index in [0.717, 1.165) is 31.6 Å². The summed E-state index contributed by atoms with van der Waals surface area (Å²) in [5.74, 6) is -0.527. The van der Waals surface area contributed by atoms with Crippen LogP contribution >= 0.6 is 0 Å². The molecule has 17 heavy (non-hydrogen) atoms. The summed E-state index contributed by atoms with van der Waals surface area (Å²) in [5.41, 5.74) is 1.18. The Labute approximate surface area is 99.5 Å². The third-order valence-corrected chi connectivity index (χ3v) is 4.58. The first-order valence-corrected chi connectivity index (χ1v) is 7.02. The molecule has 0 spiro atoms. The maximum absolute atomic E-state index is 11.6. The maximum atomic E-state index is 11.6. The zero-order chi connectivity index (χ0) is 12.0. The van der Waals surface area contributed by atoms with Gasteiger partial charge in [0.2, 0.25) is 0 Å². The summed E-state index contributed by atoms with van der Waals surface area (Å²) in [4.78, 5) is 13.8. The lowest BCUT2D eigenvalue weighted by atomic mass is 10.2. The van der Waals surface area contributed by atoms with Crippen molar-refractivity contribution in [3.63, 3.8) is 0 Å². The van der Waals surface area contributed by atoms with Gasteiger partial charge in [-0.15, -0.1) is 0 Å². The highest BCUT2D eigenvalue weighted by atomic mass is 32.2. The molecule has 0 unspecified atom stereocenters. The Balaban J connectivity index is 2.08. The first-order chi connectivity index (χ1) is 8.08. The number of rotatable bonds is 1. The minimum absolute atomic E-state index is 0.0884. The van der Waals surface area contributed by atoms with Crippen LogP contribution < -0.4 is 9.62 Å². The average molecular weight is 252 g/mol. The van der Waals surface area contributed by atoms with Gasteiger partial charge in [0, 0.05) is 18.8 Å². The summed E-state index contributed by atoms with van der Waals surface area (Å²) >= 11 is 0. The third kappa shape index (κ3) is 1.59. The number of nitrogens with one attached hydrogen (secondary N) is 1. The predicted octanol–water partition coefficient (Wildman–Crippen LogP) is 0.719. The van der Waals surface area contributed by atoms with Gasteiger partial charge in [0.15, 0.2) is 0 Å². The zero-order valence-corrected chi connectivity index (χ0v) is 9.96. The number of carbonyl (C=O) groups excluding carboxylic acids is 1. The Hall–Kier alpha value is -1.56. The fourth-order valence-corrected chi connectivity index (χ4v) is 3.49.